The van der Waals surface area contributed by atoms with E-state index in [-0.39, 0.29) is 28.3 Å². The second-order valence-electron chi connectivity index (χ2n) is 7.02. The number of phenolic OH excluding ortho intramolecular Hbond substituents is 1. The van der Waals surface area contributed by atoms with Gasteiger partial charge in [0.15, 0.2) is 5.69 Å². The summed E-state index contributed by atoms with van der Waals surface area (Å²) < 4.78 is 54.8. The van der Waals surface area contributed by atoms with E-state index in [0.29, 0.717) is 17.4 Å². The van der Waals surface area contributed by atoms with Crippen LogP contribution in [-0.4, -0.2) is 19.7 Å². The van der Waals surface area contributed by atoms with E-state index in [1.54, 1.807) is 0 Å². The maximum absolute atomic E-state index is 13.6. The van der Waals surface area contributed by atoms with Crippen LogP contribution in [-0.2, 0) is 6.18 Å². The molecule has 0 atom stereocenters. The van der Waals surface area contributed by atoms with Crippen LogP contribution in [0.1, 0.15) is 49.3 Å². The van der Waals surface area contributed by atoms with Gasteiger partial charge in [-0.05, 0) is 30.9 Å². The Morgan fingerprint density at radius 3 is 2.50 bits per heavy atom. The number of H-pyrrole nitrogens is 1. The lowest BCUT2D eigenvalue weighted by molar-refractivity contribution is -0.142. The number of rotatable bonds is 2. The number of nitrogens with one attached hydrogen (secondary N) is 1. The molecule has 0 spiro atoms. The minimum Gasteiger partial charge on any atom is -0.507 e. The van der Waals surface area contributed by atoms with Gasteiger partial charge in [0.25, 0.3) is 5.56 Å². The molecule has 1 fully saturated rings. The number of aromatic hydroxyl groups is 1. The minimum atomic E-state index is -4.70. The SMILES string of the molecule is O=c1c(-c2ccc(F)cc2O)c[nH]c2c(C3CCCCC3)c(C(F)(F)F)nn12. The normalized spacial score (nSPS) is 16.0. The molecule has 28 heavy (non-hydrogen) atoms. The standard InChI is InChI=1S/C19H17F4N3O2/c20-11-6-7-12(14(27)8-11)13-9-24-17-15(10-4-2-1-3-5-10)16(19(21,22)23)25-26(17)18(13)28/h6-10,24,27H,1-5H2. The summed E-state index contributed by atoms with van der Waals surface area (Å²) in [6.45, 7) is 0. The molecule has 2 aromatic heterocycles. The van der Waals surface area contributed by atoms with E-state index in [1.165, 1.54) is 12.3 Å². The average Bonchev–Trinajstić information content (AvgIpc) is 3.04. The van der Waals surface area contributed by atoms with E-state index >= 15 is 0 Å². The van der Waals surface area contributed by atoms with Gasteiger partial charge in [0.1, 0.15) is 17.2 Å². The zero-order valence-electron chi connectivity index (χ0n) is 14.7. The van der Waals surface area contributed by atoms with Crippen molar-refractivity contribution in [3.63, 3.8) is 0 Å². The number of phenols is 1. The third-order valence-corrected chi connectivity index (χ3v) is 5.23. The van der Waals surface area contributed by atoms with E-state index in [2.05, 4.69) is 10.1 Å². The second kappa shape index (κ2) is 6.65. The lowest BCUT2D eigenvalue weighted by atomic mass is 9.84. The summed E-state index contributed by atoms with van der Waals surface area (Å²) in [4.78, 5) is 15.6. The molecule has 4 rings (SSSR count). The highest BCUT2D eigenvalue weighted by Gasteiger charge is 2.41. The first-order valence-electron chi connectivity index (χ1n) is 8.98. The highest BCUT2D eigenvalue weighted by Crippen LogP contribution is 2.41. The molecule has 2 N–H and O–H groups in total. The maximum atomic E-state index is 13.6. The number of hydrogen-bond acceptors (Lipinski definition) is 3. The van der Waals surface area contributed by atoms with Crippen LogP contribution in [0.15, 0.2) is 29.2 Å². The molecule has 1 aliphatic rings. The van der Waals surface area contributed by atoms with Gasteiger partial charge in [-0.2, -0.15) is 22.8 Å². The average molecular weight is 395 g/mol. The molecule has 1 aliphatic carbocycles. The molecule has 2 heterocycles. The van der Waals surface area contributed by atoms with Crippen LogP contribution >= 0.6 is 0 Å². The van der Waals surface area contributed by atoms with Crippen LogP contribution in [0.2, 0.25) is 0 Å². The summed E-state index contributed by atoms with van der Waals surface area (Å²) in [5.74, 6) is -1.51. The highest BCUT2D eigenvalue weighted by atomic mass is 19.4. The summed E-state index contributed by atoms with van der Waals surface area (Å²) in [6.07, 6.45) is 0.369. The number of aromatic amines is 1. The number of benzene rings is 1. The number of fused-ring (bicyclic) bond motifs is 1. The molecule has 0 saturated heterocycles. The predicted molar refractivity (Wildman–Crippen MR) is 93.7 cm³/mol. The number of alkyl halides is 3. The molecule has 0 amide bonds. The van der Waals surface area contributed by atoms with Crippen molar-refractivity contribution >= 4 is 5.65 Å². The van der Waals surface area contributed by atoms with Crippen molar-refractivity contribution < 1.29 is 22.7 Å². The van der Waals surface area contributed by atoms with Crippen LogP contribution < -0.4 is 5.56 Å². The fraction of sp³-hybridized carbons (Fsp3) is 0.368. The first-order chi connectivity index (χ1) is 13.3. The highest BCUT2D eigenvalue weighted by molar-refractivity contribution is 5.70. The summed E-state index contributed by atoms with van der Waals surface area (Å²) in [5, 5.41) is 13.5. The molecule has 5 nitrogen and oxygen atoms in total. The van der Waals surface area contributed by atoms with Gasteiger partial charge < -0.3 is 10.1 Å². The van der Waals surface area contributed by atoms with Gasteiger partial charge in [0, 0.05) is 23.4 Å². The van der Waals surface area contributed by atoms with Crippen molar-refractivity contribution in [2.45, 2.75) is 44.2 Å². The summed E-state index contributed by atoms with van der Waals surface area (Å²) in [5.41, 5.74) is -1.95. The van der Waals surface area contributed by atoms with E-state index in [4.69, 9.17) is 0 Å². The molecule has 9 heteroatoms. The Balaban J connectivity index is 1.95. The Hall–Kier alpha value is -2.84. The van der Waals surface area contributed by atoms with Crippen molar-refractivity contribution in [2.24, 2.45) is 0 Å². The van der Waals surface area contributed by atoms with E-state index in [9.17, 15) is 27.5 Å². The molecule has 3 aromatic rings. The quantitative estimate of drug-likeness (QED) is 0.623. The number of aromatic nitrogens is 3. The lowest BCUT2D eigenvalue weighted by Gasteiger charge is -2.22. The van der Waals surface area contributed by atoms with Gasteiger partial charge in [0.05, 0.1) is 5.56 Å². The molecule has 0 bridgehead atoms. The molecule has 1 saturated carbocycles. The van der Waals surface area contributed by atoms with E-state index in [1.807, 2.05) is 0 Å². The molecule has 0 radical (unpaired) electrons. The first kappa shape index (κ1) is 18.5. The fourth-order valence-corrected chi connectivity index (χ4v) is 3.95. The van der Waals surface area contributed by atoms with Crippen molar-refractivity contribution in [2.75, 3.05) is 0 Å². The van der Waals surface area contributed by atoms with Gasteiger partial charge in [-0.1, -0.05) is 19.3 Å². The fourth-order valence-electron chi connectivity index (χ4n) is 3.95. The Labute approximate surface area is 156 Å². The maximum Gasteiger partial charge on any atom is 0.435 e. The summed E-state index contributed by atoms with van der Waals surface area (Å²) in [7, 11) is 0. The number of hydrogen-bond donors (Lipinski definition) is 2. The van der Waals surface area contributed by atoms with Crippen molar-refractivity contribution in [3.05, 3.63) is 51.8 Å². The van der Waals surface area contributed by atoms with Gasteiger partial charge in [-0.25, -0.2) is 4.39 Å². The smallest absolute Gasteiger partial charge is 0.435 e. The van der Waals surface area contributed by atoms with E-state index < -0.39 is 29.0 Å². The van der Waals surface area contributed by atoms with Crippen LogP contribution in [0.5, 0.6) is 5.75 Å². The Bertz CT molecular complexity index is 1090. The van der Waals surface area contributed by atoms with E-state index in [0.717, 1.165) is 31.4 Å². The first-order valence-corrected chi connectivity index (χ1v) is 8.98. The summed E-state index contributed by atoms with van der Waals surface area (Å²) in [6, 6.07) is 3.07. The van der Waals surface area contributed by atoms with Crippen LogP contribution in [0.4, 0.5) is 17.6 Å². The van der Waals surface area contributed by atoms with Gasteiger partial charge in [-0.3, -0.25) is 4.79 Å². The molecule has 1 aromatic carbocycles. The molecule has 148 valence electrons. The molecule has 0 unspecified atom stereocenters. The lowest BCUT2D eigenvalue weighted by Crippen LogP contribution is -2.18. The van der Waals surface area contributed by atoms with Crippen LogP contribution in [0.3, 0.4) is 0 Å². The number of halogens is 4. The monoisotopic (exact) mass is 395 g/mol. The minimum absolute atomic E-state index is 0.00725. The topological polar surface area (TPSA) is 70.4 Å². The van der Waals surface area contributed by atoms with Crippen LogP contribution in [0, 0.1) is 5.82 Å². The second-order valence-corrected chi connectivity index (χ2v) is 7.02. The summed E-state index contributed by atoms with van der Waals surface area (Å²) >= 11 is 0. The van der Waals surface area contributed by atoms with Crippen LogP contribution in [0.25, 0.3) is 16.8 Å². The zero-order valence-corrected chi connectivity index (χ0v) is 14.7. The van der Waals surface area contributed by atoms with Crippen molar-refractivity contribution in [1.29, 1.82) is 0 Å². The third kappa shape index (κ3) is 3.04. The predicted octanol–water partition coefficient (Wildman–Crippen LogP) is 4.60. The molecular formula is C19H17F4N3O2. The zero-order chi connectivity index (χ0) is 20.1. The number of nitrogens with zero attached hydrogens (tertiary/aromatic N) is 2. The Kier molecular flexibility index (Phi) is 4.40. The Morgan fingerprint density at radius 1 is 1.14 bits per heavy atom. The van der Waals surface area contributed by atoms with Gasteiger partial charge in [-0.15, -0.1) is 0 Å². The van der Waals surface area contributed by atoms with Crippen molar-refractivity contribution in [3.8, 4) is 16.9 Å². The largest absolute Gasteiger partial charge is 0.507 e. The third-order valence-electron chi connectivity index (χ3n) is 5.23. The Morgan fingerprint density at radius 2 is 1.86 bits per heavy atom. The molecule has 0 aliphatic heterocycles. The van der Waals surface area contributed by atoms with Crippen molar-refractivity contribution in [1.82, 2.24) is 14.6 Å². The van der Waals surface area contributed by atoms with Gasteiger partial charge >= 0.3 is 6.18 Å². The molecular weight excluding hydrogens is 378 g/mol. The van der Waals surface area contributed by atoms with Gasteiger partial charge in [0.2, 0.25) is 0 Å².